The molecular formula is C53H63N7O8S. The molecule has 4 N–H and O–H groups in total. The lowest BCUT2D eigenvalue weighted by atomic mass is 9.59. The molecule has 5 fully saturated rings. The Morgan fingerprint density at radius 1 is 0.986 bits per heavy atom. The zero-order valence-electron chi connectivity index (χ0n) is 39.7. The van der Waals surface area contributed by atoms with E-state index in [1.54, 1.807) is 18.3 Å². The summed E-state index contributed by atoms with van der Waals surface area (Å²) >= 11 is 0. The Hall–Kier alpha value is -5.71. The van der Waals surface area contributed by atoms with Crippen LogP contribution in [0.3, 0.4) is 0 Å². The Morgan fingerprint density at radius 3 is 2.49 bits per heavy atom. The lowest BCUT2D eigenvalue weighted by Gasteiger charge is -2.56. The molecule has 69 heavy (non-hydrogen) atoms. The van der Waals surface area contributed by atoms with Crippen LogP contribution in [0.5, 0.6) is 17.2 Å². The number of aromatic amines is 1. The number of rotatable bonds is 12. The number of nitrogens with one attached hydrogen (secondary N) is 3. The van der Waals surface area contributed by atoms with Gasteiger partial charge in [0, 0.05) is 60.6 Å². The van der Waals surface area contributed by atoms with E-state index in [4.69, 9.17) is 9.47 Å². The highest BCUT2D eigenvalue weighted by Crippen LogP contribution is 2.55. The summed E-state index contributed by atoms with van der Waals surface area (Å²) in [7, 11) is -4.67. The molecule has 1 amide bonds. The number of H-pyrrole nitrogens is 1. The van der Waals surface area contributed by atoms with E-state index in [9.17, 15) is 28.4 Å². The minimum atomic E-state index is -4.67. The molecule has 5 aromatic rings. The van der Waals surface area contributed by atoms with Crippen molar-refractivity contribution in [2.24, 2.45) is 11.3 Å². The smallest absolute Gasteiger partial charge is 0.297 e. The van der Waals surface area contributed by atoms with Crippen molar-refractivity contribution in [2.75, 3.05) is 36.5 Å². The number of fused-ring (bicyclic) bond motifs is 2. The van der Waals surface area contributed by atoms with E-state index in [-0.39, 0.29) is 41.3 Å². The predicted octanol–water partition coefficient (Wildman–Crippen LogP) is 10.1. The van der Waals surface area contributed by atoms with Crippen LogP contribution in [-0.2, 0) is 10.0 Å². The molecule has 2 saturated heterocycles. The first-order chi connectivity index (χ1) is 33.1. The van der Waals surface area contributed by atoms with Crippen LogP contribution >= 0.6 is 0 Å². The van der Waals surface area contributed by atoms with E-state index in [0.717, 1.165) is 80.9 Å². The highest BCUT2D eigenvalue weighted by molar-refractivity contribution is 7.90. The van der Waals surface area contributed by atoms with Crippen molar-refractivity contribution in [3.63, 3.8) is 0 Å². The van der Waals surface area contributed by atoms with E-state index in [2.05, 4.69) is 67.9 Å². The molecule has 5 heterocycles. The molecule has 2 aromatic heterocycles. The number of aliphatic hydroxyl groups is 1. The molecule has 3 aromatic carbocycles. The molecule has 3 aliphatic heterocycles. The largest absolute Gasteiger partial charge is 0.489 e. The number of carbonyl (C=O) groups excluding carboxylic acids is 1. The molecule has 0 radical (unpaired) electrons. The number of pyridine rings is 1. The zero-order chi connectivity index (χ0) is 47.8. The molecule has 0 unspecified atom stereocenters. The van der Waals surface area contributed by atoms with E-state index in [0.29, 0.717) is 47.9 Å². The van der Waals surface area contributed by atoms with Crippen LogP contribution in [0.2, 0.25) is 0 Å². The molecular weight excluding hydrogens is 895 g/mol. The Morgan fingerprint density at radius 2 is 1.75 bits per heavy atom. The van der Waals surface area contributed by atoms with Gasteiger partial charge in [0.25, 0.3) is 21.6 Å². The third kappa shape index (κ3) is 8.92. The minimum absolute atomic E-state index is 0.0102. The number of nitro benzene ring substituents is 1. The van der Waals surface area contributed by atoms with Crippen LogP contribution in [0, 0.1) is 21.4 Å². The summed E-state index contributed by atoms with van der Waals surface area (Å²) in [5, 5.41) is 27.1. The van der Waals surface area contributed by atoms with Crippen LogP contribution < -0.4 is 24.4 Å². The fraction of sp³-hybridized carbons (Fsp3) is 0.509. The van der Waals surface area contributed by atoms with Crippen LogP contribution in [-0.4, -0.2) is 83.1 Å². The number of aromatic nitrogens is 2. The molecule has 364 valence electrons. The van der Waals surface area contributed by atoms with Gasteiger partial charge in [0.15, 0.2) is 11.4 Å². The fourth-order valence-corrected chi connectivity index (χ4v) is 13.3. The molecule has 2 atom stereocenters. The van der Waals surface area contributed by atoms with Gasteiger partial charge >= 0.3 is 0 Å². The van der Waals surface area contributed by atoms with Gasteiger partial charge in [-0.25, -0.2) is 18.1 Å². The molecule has 6 aliphatic rings. The number of nitro groups is 1. The van der Waals surface area contributed by atoms with Gasteiger partial charge in [-0.05, 0) is 149 Å². The van der Waals surface area contributed by atoms with Gasteiger partial charge < -0.3 is 29.8 Å². The van der Waals surface area contributed by atoms with Crippen molar-refractivity contribution in [3.05, 3.63) is 105 Å². The Balaban J connectivity index is 0.821. The van der Waals surface area contributed by atoms with Crippen LogP contribution in [0.1, 0.15) is 143 Å². The van der Waals surface area contributed by atoms with Crippen molar-refractivity contribution in [1.29, 1.82) is 0 Å². The number of nitrogens with zero attached hydrogens (tertiary/aromatic N) is 4. The first kappa shape index (κ1) is 45.7. The van der Waals surface area contributed by atoms with Gasteiger partial charge in [0.1, 0.15) is 23.8 Å². The summed E-state index contributed by atoms with van der Waals surface area (Å²) in [6.07, 6.45) is 15.4. The molecule has 3 aliphatic carbocycles. The van der Waals surface area contributed by atoms with Gasteiger partial charge in [0.2, 0.25) is 0 Å². The first-order valence-corrected chi connectivity index (χ1v) is 26.5. The monoisotopic (exact) mass is 957 g/mol. The van der Waals surface area contributed by atoms with E-state index in [1.807, 2.05) is 25.3 Å². The summed E-state index contributed by atoms with van der Waals surface area (Å²) in [6.45, 7) is 9.38. The summed E-state index contributed by atoms with van der Waals surface area (Å²) in [5.41, 5.74) is 4.86. The molecule has 11 rings (SSSR count). The van der Waals surface area contributed by atoms with Crippen LogP contribution in [0.4, 0.5) is 17.1 Å². The Kier molecular flexibility index (Phi) is 11.7. The first-order valence-electron chi connectivity index (χ1n) is 25.0. The molecule has 16 heteroatoms. The number of benzene rings is 3. The lowest BCUT2D eigenvalue weighted by Crippen LogP contribution is -2.54. The number of carbonyl (C=O) groups is 1. The Bertz CT molecular complexity index is 2910. The predicted molar refractivity (Wildman–Crippen MR) is 264 cm³/mol. The van der Waals surface area contributed by atoms with Crippen molar-refractivity contribution in [3.8, 4) is 17.2 Å². The molecule has 0 bridgehead atoms. The zero-order valence-corrected chi connectivity index (χ0v) is 40.5. The van der Waals surface area contributed by atoms with Crippen LogP contribution in [0.15, 0.2) is 78.0 Å². The van der Waals surface area contributed by atoms with Crippen molar-refractivity contribution in [1.82, 2.24) is 19.6 Å². The second-order valence-electron chi connectivity index (χ2n) is 21.5. The second kappa shape index (κ2) is 17.6. The van der Waals surface area contributed by atoms with Gasteiger partial charge in [-0.1, -0.05) is 38.1 Å². The number of piperidine rings is 1. The highest BCUT2D eigenvalue weighted by Gasteiger charge is 2.50. The maximum absolute atomic E-state index is 14.3. The topological polar surface area (TPSA) is 192 Å². The van der Waals surface area contributed by atoms with E-state index in [1.165, 1.54) is 48.4 Å². The summed E-state index contributed by atoms with van der Waals surface area (Å²) in [4.78, 5) is 38.6. The summed E-state index contributed by atoms with van der Waals surface area (Å²) in [6, 6.07) is 19.1. The van der Waals surface area contributed by atoms with Crippen molar-refractivity contribution >= 4 is 44.0 Å². The number of anilines is 2. The number of amides is 1. The SMILES string of the molecule is CC(C)c1ccccc1[C@H]1CCCN1C1CC2(CCN(c3ccc(C(=O)NS(=O)(=O)c4cc5c(c([N+](=O)[O-])c4)N[C@@H](C4CCC(C)(O)CC4)CO5)c(Oc4cnc5[nH]cc(C6CC6)c5c4)c3)CC2)C1. The second-order valence-corrected chi connectivity index (χ2v) is 23.2. The molecule has 15 nitrogen and oxygen atoms in total. The number of likely N-dealkylation sites (tertiary alicyclic amines) is 1. The number of hydrogen-bond donors (Lipinski definition) is 4. The third-order valence-corrected chi connectivity index (χ3v) is 17.8. The maximum atomic E-state index is 14.3. The van der Waals surface area contributed by atoms with Gasteiger partial charge in [0.05, 0.1) is 33.2 Å². The van der Waals surface area contributed by atoms with E-state index >= 15 is 0 Å². The summed E-state index contributed by atoms with van der Waals surface area (Å²) in [5.74, 6) is 0.677. The number of ether oxygens (including phenoxy) is 2. The quantitative estimate of drug-likeness (QED) is 0.0685. The van der Waals surface area contributed by atoms with Gasteiger partial charge in [-0.2, -0.15) is 0 Å². The minimum Gasteiger partial charge on any atom is -0.489 e. The van der Waals surface area contributed by atoms with Crippen LogP contribution in [0.25, 0.3) is 11.0 Å². The maximum Gasteiger partial charge on any atom is 0.297 e. The number of hydrogen-bond acceptors (Lipinski definition) is 12. The van der Waals surface area contributed by atoms with E-state index < -0.39 is 37.0 Å². The molecule has 1 spiro atoms. The van der Waals surface area contributed by atoms with Gasteiger partial charge in [-0.3, -0.25) is 19.8 Å². The average Bonchev–Trinajstić information content (AvgIpc) is 3.89. The number of sulfonamides is 1. The third-order valence-electron chi connectivity index (χ3n) is 16.5. The average molecular weight is 958 g/mol. The molecule has 3 saturated carbocycles. The van der Waals surface area contributed by atoms with Crippen molar-refractivity contribution < 1.29 is 32.7 Å². The van der Waals surface area contributed by atoms with Crippen molar-refractivity contribution in [2.45, 2.75) is 138 Å². The highest BCUT2D eigenvalue weighted by atomic mass is 32.2. The lowest BCUT2D eigenvalue weighted by molar-refractivity contribution is -0.384. The Labute approximate surface area is 403 Å². The standard InChI is InChI=1S/C53H63N7O8S/c1-32(2)39-7-4-5-8-40(39)45-9-6-20-59(45)36-27-53(28-36)18-21-58(22-19-53)35-12-13-41(47(23-35)68-37-24-42-43(33-10-11-33)30-55-50(42)54-29-37)51(61)57-69(65,66)38-25-46(60(63)64)49-48(26-38)67-31-44(56-49)34-14-16-52(3,62)17-15-34/h4-5,7-8,12-13,23-26,29-30,32-34,36,44-45,56,62H,6,9-11,14-22,27-28,31H2,1-3H3,(H,54,55)(H,57,61)/t34?,44-,45-,52?/m1/s1. The normalized spacial score (nSPS) is 24.9. The fourth-order valence-electron chi connectivity index (χ4n) is 12.3. The van der Waals surface area contributed by atoms with Gasteiger partial charge in [-0.15, -0.1) is 0 Å². The summed E-state index contributed by atoms with van der Waals surface area (Å²) < 4.78 is 42.9.